The van der Waals surface area contributed by atoms with Crippen molar-refractivity contribution in [3.8, 4) is 10.4 Å². The van der Waals surface area contributed by atoms with Crippen LogP contribution in [0.15, 0.2) is 70.9 Å². The van der Waals surface area contributed by atoms with E-state index in [9.17, 15) is 37.9 Å². The number of amides is 5. The zero-order valence-corrected chi connectivity index (χ0v) is 39.1. The second kappa shape index (κ2) is 22.2. The minimum absolute atomic E-state index is 0.0130. The number of likely N-dealkylation sites (tertiary alicyclic amines) is 1. The van der Waals surface area contributed by atoms with Crippen molar-refractivity contribution in [3.63, 3.8) is 0 Å². The first-order chi connectivity index (χ1) is 32.5. The average molecular weight is 959 g/mol. The van der Waals surface area contributed by atoms with Crippen LogP contribution in [0.5, 0.6) is 0 Å². The number of aryl methyl sites for hydroxylation is 1. The van der Waals surface area contributed by atoms with Gasteiger partial charge in [0.15, 0.2) is 0 Å². The summed E-state index contributed by atoms with van der Waals surface area (Å²) in [6.45, 7) is 8.00. The molecule has 4 heterocycles. The van der Waals surface area contributed by atoms with Gasteiger partial charge in [-0.15, -0.1) is 16.4 Å². The van der Waals surface area contributed by atoms with Crippen molar-refractivity contribution in [2.24, 2.45) is 10.4 Å². The maximum Gasteiger partial charge on any atom is 0.271 e. The number of halogens is 2. The molecular formula is C47H56F2N10O8S. The van der Waals surface area contributed by atoms with Gasteiger partial charge in [0.25, 0.3) is 11.8 Å². The van der Waals surface area contributed by atoms with E-state index in [0.717, 1.165) is 39.9 Å². The van der Waals surface area contributed by atoms with Gasteiger partial charge in [0.2, 0.25) is 17.7 Å². The highest BCUT2D eigenvalue weighted by Gasteiger charge is 2.44. The molecule has 0 radical (unpaired) electrons. The molecular weight excluding hydrogens is 903 g/mol. The summed E-state index contributed by atoms with van der Waals surface area (Å²) in [5, 5.41) is 29.9. The number of aliphatic hydroxyl groups excluding tert-OH is 1. The van der Waals surface area contributed by atoms with Gasteiger partial charge in [-0.25, -0.2) is 18.4 Å². The Morgan fingerprint density at radius 2 is 1.74 bits per heavy atom. The van der Waals surface area contributed by atoms with Crippen LogP contribution in [0.2, 0.25) is 0 Å². The lowest BCUT2D eigenvalue weighted by Gasteiger charge is -2.35. The zero-order valence-electron chi connectivity index (χ0n) is 38.3. The maximum atomic E-state index is 14.1. The van der Waals surface area contributed by atoms with Crippen molar-refractivity contribution in [3.05, 3.63) is 100 Å². The standard InChI is InChI=1S/C47H56F2N10O8S/c1-27-41(68-26-52-27)29-10-8-28(9-11-29)21-51-43(62)37-20-32(60)23-59(37)46(65)42(47(2,3)4)55-38(61)25-66-19-18-58-22-31(56-57-58)24-67-33-14-12-30(13-15-33)53-45(64)40-36(16-17-50-40)54-44(63)39-34(48)6-5-7-35(39)49/h5-11,16,22,26,30,32-33,37,42,60H,12-15,17-21,23-25H2,1-4H3,(H,51,62)(H,53,64)(H,54,63)(H,55,61)/t30-,32-,33-,37+,42-/m1/s1. The van der Waals surface area contributed by atoms with E-state index in [1.54, 1.807) is 27.7 Å². The third-order valence-corrected chi connectivity index (χ3v) is 12.9. The van der Waals surface area contributed by atoms with Gasteiger partial charge >= 0.3 is 0 Å². The third-order valence-electron chi connectivity index (χ3n) is 11.9. The first-order valence-corrected chi connectivity index (χ1v) is 23.4. The molecule has 2 aliphatic heterocycles. The predicted molar refractivity (Wildman–Crippen MR) is 246 cm³/mol. The molecule has 5 amide bonds. The number of ether oxygens (including phenoxy) is 2. The van der Waals surface area contributed by atoms with Crippen LogP contribution in [-0.4, -0.2) is 122 Å². The van der Waals surface area contributed by atoms with Gasteiger partial charge in [0.05, 0.1) is 66.5 Å². The topological polar surface area (TPSA) is 231 Å². The molecule has 0 spiro atoms. The Labute approximate surface area is 396 Å². The van der Waals surface area contributed by atoms with Crippen LogP contribution in [0.25, 0.3) is 10.4 Å². The molecule has 4 aromatic rings. The number of carbonyl (C=O) groups excluding carboxylic acids is 5. The zero-order chi connectivity index (χ0) is 48.5. The van der Waals surface area contributed by atoms with Gasteiger partial charge in [-0.3, -0.25) is 29.0 Å². The smallest absolute Gasteiger partial charge is 0.271 e. The molecule has 2 aromatic carbocycles. The monoisotopic (exact) mass is 958 g/mol. The number of aliphatic hydroxyl groups is 1. The molecule has 21 heteroatoms. The van der Waals surface area contributed by atoms with Crippen molar-refractivity contribution >= 4 is 46.6 Å². The van der Waals surface area contributed by atoms with E-state index >= 15 is 0 Å². The molecule has 1 saturated heterocycles. The molecule has 68 heavy (non-hydrogen) atoms. The van der Waals surface area contributed by atoms with Crippen LogP contribution < -0.4 is 21.3 Å². The fraction of sp³-hybridized carbons (Fsp3) is 0.468. The lowest BCUT2D eigenvalue weighted by atomic mass is 9.85. The van der Waals surface area contributed by atoms with Crippen molar-refractivity contribution in [2.75, 3.05) is 26.3 Å². The Kier molecular flexibility index (Phi) is 16.2. The Bertz CT molecular complexity index is 2510. The van der Waals surface area contributed by atoms with E-state index in [2.05, 4.69) is 41.6 Å². The molecule has 2 aromatic heterocycles. The Hall–Kier alpha value is -6.29. The molecule has 3 atom stereocenters. The van der Waals surface area contributed by atoms with Crippen molar-refractivity contribution in [2.45, 2.75) is 110 Å². The van der Waals surface area contributed by atoms with Crippen LogP contribution in [0, 0.1) is 24.0 Å². The molecule has 1 aliphatic carbocycles. The molecule has 18 nitrogen and oxygen atoms in total. The highest BCUT2D eigenvalue weighted by Crippen LogP contribution is 2.29. The van der Waals surface area contributed by atoms with Gasteiger partial charge < -0.3 is 40.7 Å². The predicted octanol–water partition coefficient (Wildman–Crippen LogP) is 3.53. The Morgan fingerprint density at radius 3 is 2.43 bits per heavy atom. The number of β-amino-alcohol motifs (C(OH)–C–C–N with tert-alkyl or cyclic N) is 1. The van der Waals surface area contributed by atoms with Crippen LogP contribution in [0.3, 0.4) is 0 Å². The van der Waals surface area contributed by atoms with Gasteiger partial charge in [0, 0.05) is 25.6 Å². The summed E-state index contributed by atoms with van der Waals surface area (Å²) in [4.78, 5) is 77.1. The summed E-state index contributed by atoms with van der Waals surface area (Å²) < 4.78 is 41.5. The fourth-order valence-corrected chi connectivity index (χ4v) is 9.08. The number of hydrogen-bond acceptors (Lipinski definition) is 13. The molecule has 362 valence electrons. The number of carbonyl (C=O) groups is 5. The van der Waals surface area contributed by atoms with E-state index in [0.29, 0.717) is 31.4 Å². The van der Waals surface area contributed by atoms with Gasteiger partial charge in [-0.05, 0) is 67.4 Å². The van der Waals surface area contributed by atoms with Crippen LogP contribution >= 0.6 is 11.3 Å². The summed E-state index contributed by atoms with van der Waals surface area (Å²) in [7, 11) is 0. The summed E-state index contributed by atoms with van der Waals surface area (Å²) in [6, 6.07) is 8.83. The summed E-state index contributed by atoms with van der Waals surface area (Å²) in [5.74, 6) is -4.93. The second-order valence-corrected chi connectivity index (χ2v) is 18.9. The van der Waals surface area contributed by atoms with Crippen LogP contribution in [0.1, 0.15) is 80.2 Å². The number of aliphatic imine (C=N–C) groups is 1. The van der Waals surface area contributed by atoms with Gasteiger partial charge in [-0.2, -0.15) is 0 Å². The van der Waals surface area contributed by atoms with E-state index in [4.69, 9.17) is 9.47 Å². The molecule has 1 saturated carbocycles. The molecule has 0 bridgehead atoms. The summed E-state index contributed by atoms with van der Waals surface area (Å²) >= 11 is 1.56. The molecule has 2 fully saturated rings. The van der Waals surface area contributed by atoms with E-state index in [1.807, 2.05) is 52.0 Å². The maximum absolute atomic E-state index is 14.1. The number of hydrogen-bond donors (Lipinski definition) is 5. The second-order valence-electron chi connectivity index (χ2n) is 18.1. The summed E-state index contributed by atoms with van der Waals surface area (Å²) in [6.07, 6.45) is 4.89. The highest BCUT2D eigenvalue weighted by molar-refractivity contribution is 7.13. The number of nitrogens with zero attached hydrogens (tertiary/aromatic N) is 6. The van der Waals surface area contributed by atoms with E-state index in [-0.39, 0.29) is 76.0 Å². The fourth-order valence-electron chi connectivity index (χ4n) is 8.26. The van der Waals surface area contributed by atoms with Gasteiger partial charge in [0.1, 0.15) is 47.3 Å². The Morgan fingerprint density at radius 1 is 1.00 bits per heavy atom. The third kappa shape index (κ3) is 12.6. The number of rotatable bonds is 18. The minimum atomic E-state index is -1.02. The van der Waals surface area contributed by atoms with Gasteiger partial charge in [-0.1, -0.05) is 56.3 Å². The van der Waals surface area contributed by atoms with E-state index in [1.165, 1.54) is 11.0 Å². The average Bonchev–Trinajstić information content (AvgIpc) is 4.14. The van der Waals surface area contributed by atoms with Crippen molar-refractivity contribution in [1.29, 1.82) is 0 Å². The molecule has 3 aliphatic rings. The highest BCUT2D eigenvalue weighted by atomic mass is 32.1. The first kappa shape index (κ1) is 49.6. The SMILES string of the molecule is Cc1ncsc1-c1ccc(CNC(=O)[C@@H]2C[C@@H](O)CN2C(=O)[C@@H](NC(=O)COCCn2cc(CO[C@H]3CC[C@H](NC(=O)C4=NCC=C4NC(=O)c4c(F)cccc4F)CC3)nn2)C(C)(C)C)cc1. The number of aromatic nitrogens is 4. The van der Waals surface area contributed by atoms with Crippen LogP contribution in [-0.2, 0) is 48.3 Å². The molecule has 7 rings (SSSR count). The molecule has 0 unspecified atom stereocenters. The van der Waals surface area contributed by atoms with Crippen LogP contribution in [0.4, 0.5) is 8.78 Å². The quantitative estimate of drug-likeness (QED) is 0.0907. The number of thiazole rings is 1. The normalized spacial score (nSPS) is 19.8. The number of benzene rings is 2. The number of nitrogens with one attached hydrogen (secondary N) is 4. The van der Waals surface area contributed by atoms with Crippen molar-refractivity contribution in [1.82, 2.24) is 46.1 Å². The van der Waals surface area contributed by atoms with E-state index < -0.39 is 70.3 Å². The molecule has 5 N–H and O–H groups in total. The summed E-state index contributed by atoms with van der Waals surface area (Å²) in [5.41, 5.74) is 3.85. The first-order valence-electron chi connectivity index (χ1n) is 22.5. The largest absolute Gasteiger partial charge is 0.391 e. The lowest BCUT2D eigenvalue weighted by molar-refractivity contribution is -0.144. The lowest BCUT2D eigenvalue weighted by Crippen LogP contribution is -2.58. The van der Waals surface area contributed by atoms with Crippen molar-refractivity contribution < 1.29 is 47.3 Å². The Balaban J connectivity index is 0.795. The minimum Gasteiger partial charge on any atom is -0.391 e.